The molecule has 0 bridgehead atoms. The maximum absolute atomic E-state index is 13.5. The molecule has 1 aromatic carbocycles. The van der Waals surface area contributed by atoms with Gasteiger partial charge in [-0.25, -0.2) is 13.8 Å². The molecule has 1 aliphatic heterocycles. The van der Waals surface area contributed by atoms with Crippen LogP contribution in [0.4, 0.5) is 4.39 Å². The lowest BCUT2D eigenvalue weighted by Crippen LogP contribution is -2.38. The zero-order chi connectivity index (χ0) is 25.9. The first kappa shape index (κ1) is 26.2. The van der Waals surface area contributed by atoms with Crippen LogP contribution in [0.3, 0.4) is 0 Å². The van der Waals surface area contributed by atoms with Gasteiger partial charge in [0.2, 0.25) is 0 Å². The smallest absolute Gasteiger partial charge is 0.459 e. The molecular weight excluding hydrogens is 500 g/mol. The van der Waals surface area contributed by atoms with Crippen molar-refractivity contribution in [3.8, 4) is 5.75 Å². The van der Waals surface area contributed by atoms with Crippen molar-refractivity contribution in [2.45, 2.75) is 57.8 Å². The van der Waals surface area contributed by atoms with E-state index in [0.29, 0.717) is 5.56 Å². The number of esters is 1. The third kappa shape index (κ3) is 6.48. The Hall–Kier alpha value is -2.83. The topological polar surface area (TPSA) is 147 Å². The molecule has 36 heavy (non-hydrogen) atoms. The van der Waals surface area contributed by atoms with Crippen molar-refractivity contribution in [3.05, 3.63) is 62.7 Å². The molecule has 12 nitrogen and oxygen atoms in total. The zero-order valence-corrected chi connectivity index (χ0v) is 20.6. The van der Waals surface area contributed by atoms with Gasteiger partial charge in [-0.3, -0.25) is 23.7 Å². The molecule has 196 valence electrons. The number of nitrogens with zero attached hydrogens (tertiary/aromatic N) is 1. The fourth-order valence-corrected chi connectivity index (χ4v) is 4.88. The molecule has 1 aromatic heterocycles. The van der Waals surface area contributed by atoms with E-state index in [-0.39, 0.29) is 18.5 Å². The Morgan fingerprint density at radius 1 is 1.31 bits per heavy atom. The molecular formula is C22H27FN3O9P. The Morgan fingerprint density at radius 2 is 2.03 bits per heavy atom. The molecule has 4 atom stereocenters. The van der Waals surface area contributed by atoms with Gasteiger partial charge in [-0.15, -0.1) is 0 Å². The average Bonchev–Trinajstić information content (AvgIpc) is 3.27. The van der Waals surface area contributed by atoms with Crippen LogP contribution < -0.4 is 20.9 Å². The minimum absolute atomic E-state index is 0.0354. The number of nitrogens with one attached hydrogen (secondary N) is 2. The molecule has 2 fully saturated rings. The molecule has 4 rings (SSSR count). The Morgan fingerprint density at radius 3 is 2.69 bits per heavy atom. The van der Waals surface area contributed by atoms with Crippen LogP contribution in [0.15, 0.2) is 40.1 Å². The van der Waals surface area contributed by atoms with Gasteiger partial charge >= 0.3 is 19.4 Å². The van der Waals surface area contributed by atoms with Gasteiger partial charge in [0.1, 0.15) is 30.3 Å². The van der Waals surface area contributed by atoms with Crippen LogP contribution in [0, 0.1) is 12.7 Å². The number of halogens is 1. The number of carbonyl (C=O) groups excluding carboxylic acids is 1. The van der Waals surface area contributed by atoms with Crippen molar-refractivity contribution >= 4 is 13.7 Å². The Balaban J connectivity index is 1.42. The number of aryl methyl sites for hydroxylation is 1. The van der Waals surface area contributed by atoms with Gasteiger partial charge < -0.3 is 18.7 Å². The van der Waals surface area contributed by atoms with Crippen LogP contribution >= 0.6 is 7.75 Å². The van der Waals surface area contributed by atoms with Gasteiger partial charge in [-0.2, -0.15) is 5.09 Å². The molecule has 0 spiro atoms. The van der Waals surface area contributed by atoms with E-state index >= 15 is 0 Å². The summed E-state index contributed by atoms with van der Waals surface area (Å²) in [5.41, 5.74) is -0.876. The number of aromatic nitrogens is 2. The number of ether oxygens (including phenoxy) is 3. The second-order valence-corrected chi connectivity index (χ2v) is 10.2. The largest absolute Gasteiger partial charge is 0.461 e. The van der Waals surface area contributed by atoms with Gasteiger partial charge in [0, 0.05) is 11.8 Å². The molecule has 2 heterocycles. The zero-order valence-electron chi connectivity index (χ0n) is 19.7. The van der Waals surface area contributed by atoms with Crippen molar-refractivity contribution in [3.63, 3.8) is 0 Å². The number of aromatic amines is 1. The van der Waals surface area contributed by atoms with Crippen LogP contribution in [-0.4, -0.2) is 47.2 Å². The van der Waals surface area contributed by atoms with E-state index in [1.165, 1.54) is 36.7 Å². The molecule has 2 aromatic rings. The fraction of sp³-hybridized carbons (Fsp3) is 0.500. The van der Waals surface area contributed by atoms with Crippen molar-refractivity contribution in [1.82, 2.24) is 14.6 Å². The van der Waals surface area contributed by atoms with Gasteiger partial charge in [-0.05, 0) is 57.4 Å². The molecule has 2 unspecified atom stereocenters. The Bertz CT molecular complexity index is 1240. The summed E-state index contributed by atoms with van der Waals surface area (Å²) in [4.78, 5) is 38.3. The van der Waals surface area contributed by atoms with Crippen LogP contribution in [0.25, 0.3) is 0 Å². The number of carbonyl (C=O) groups is 1. The quantitative estimate of drug-likeness (QED) is 0.348. The molecule has 14 heteroatoms. The van der Waals surface area contributed by atoms with Gasteiger partial charge in [0.25, 0.3) is 5.56 Å². The summed E-state index contributed by atoms with van der Waals surface area (Å²) in [6, 6.07) is 3.71. The van der Waals surface area contributed by atoms with Crippen molar-refractivity contribution in [2.75, 3.05) is 13.2 Å². The third-order valence-electron chi connectivity index (χ3n) is 5.65. The number of rotatable bonds is 10. The number of H-pyrrole nitrogens is 1. The summed E-state index contributed by atoms with van der Waals surface area (Å²) in [6.45, 7) is 2.55. The van der Waals surface area contributed by atoms with Crippen LogP contribution in [0.2, 0.25) is 0 Å². The maximum atomic E-state index is 13.5. The standard InChI is InChI=1S/C22H27FN3O9P/c1-13-10-26(22(29)24-20(13)27)18-11-31-19(34-18)12-32-36(30,35-17-8-6-15(23)7-9-17)25-14(2)21(28)33-16-4-3-5-16/h6-10,14,16,18-19H,3-5,11-12H2,1-2H3,(H,25,30)(H,24,27,29)/t14?,18-,19-,36?/m1/s1. The second kappa shape index (κ2) is 11.1. The fourth-order valence-electron chi connectivity index (χ4n) is 3.40. The highest BCUT2D eigenvalue weighted by atomic mass is 31.2. The third-order valence-corrected chi connectivity index (χ3v) is 7.29. The minimum atomic E-state index is -4.22. The highest BCUT2D eigenvalue weighted by Gasteiger charge is 2.37. The SMILES string of the molecule is Cc1cn([C@H]2CO[C@@H](COP(=O)(NC(C)C(=O)OC3CCC3)Oc3ccc(F)cc3)O2)c(=O)[nH]c1=O. The second-order valence-electron chi connectivity index (χ2n) is 8.51. The summed E-state index contributed by atoms with van der Waals surface area (Å²) in [5.74, 6) is -1.10. The lowest BCUT2D eigenvalue weighted by molar-refractivity contribution is -0.154. The molecule has 1 aliphatic carbocycles. The summed E-state index contributed by atoms with van der Waals surface area (Å²) in [5, 5.41) is 2.54. The van der Waals surface area contributed by atoms with E-state index in [1.807, 2.05) is 0 Å². The predicted molar refractivity (Wildman–Crippen MR) is 123 cm³/mol. The highest BCUT2D eigenvalue weighted by molar-refractivity contribution is 7.52. The number of hydrogen-bond donors (Lipinski definition) is 2. The van der Waals surface area contributed by atoms with Crippen molar-refractivity contribution < 1.29 is 37.0 Å². The number of hydrogen-bond acceptors (Lipinski definition) is 9. The molecule has 0 radical (unpaired) electrons. The van der Waals surface area contributed by atoms with Crippen molar-refractivity contribution in [1.29, 1.82) is 0 Å². The Labute approximate surface area is 205 Å². The van der Waals surface area contributed by atoms with E-state index in [4.69, 9.17) is 23.3 Å². The first-order valence-electron chi connectivity index (χ1n) is 11.4. The average molecular weight is 527 g/mol. The molecule has 1 saturated heterocycles. The van der Waals surface area contributed by atoms with Crippen LogP contribution in [0.1, 0.15) is 38.0 Å². The monoisotopic (exact) mass is 527 g/mol. The van der Waals surface area contributed by atoms with E-state index in [2.05, 4.69) is 10.1 Å². The molecule has 1 saturated carbocycles. The van der Waals surface area contributed by atoms with Gasteiger partial charge in [-0.1, -0.05) is 0 Å². The number of benzene rings is 1. The van der Waals surface area contributed by atoms with Gasteiger partial charge in [0.15, 0.2) is 12.5 Å². The Kier molecular flexibility index (Phi) is 8.06. The molecule has 2 N–H and O–H groups in total. The first-order chi connectivity index (χ1) is 17.1. The van der Waals surface area contributed by atoms with Crippen LogP contribution in [-0.2, 0) is 28.1 Å². The first-order valence-corrected chi connectivity index (χ1v) is 12.9. The summed E-state index contributed by atoms with van der Waals surface area (Å²) >= 11 is 0. The lowest BCUT2D eigenvalue weighted by Gasteiger charge is -2.28. The minimum Gasteiger partial charge on any atom is -0.461 e. The normalized spacial score (nSPS) is 22.4. The molecule has 0 amide bonds. The predicted octanol–water partition coefficient (Wildman–Crippen LogP) is 2.13. The summed E-state index contributed by atoms with van der Waals surface area (Å²) in [7, 11) is -4.22. The summed E-state index contributed by atoms with van der Waals surface area (Å²) in [6.07, 6.45) is 1.79. The highest BCUT2D eigenvalue weighted by Crippen LogP contribution is 2.45. The van der Waals surface area contributed by atoms with Gasteiger partial charge in [0.05, 0.1) is 6.61 Å². The molecule has 2 aliphatic rings. The van der Waals surface area contributed by atoms with E-state index < -0.39 is 55.9 Å². The van der Waals surface area contributed by atoms with E-state index in [9.17, 15) is 23.3 Å². The summed E-state index contributed by atoms with van der Waals surface area (Å²) < 4.78 is 55.5. The van der Waals surface area contributed by atoms with Crippen LogP contribution in [0.5, 0.6) is 5.75 Å². The maximum Gasteiger partial charge on any atom is 0.459 e. The van der Waals surface area contributed by atoms with E-state index in [1.54, 1.807) is 0 Å². The van der Waals surface area contributed by atoms with E-state index in [0.717, 1.165) is 31.4 Å². The lowest BCUT2D eigenvalue weighted by atomic mass is 9.96. The van der Waals surface area contributed by atoms with Crippen molar-refractivity contribution in [2.24, 2.45) is 0 Å².